The van der Waals surface area contributed by atoms with Crippen LogP contribution in [0.25, 0.3) is 5.65 Å². The first kappa shape index (κ1) is 18.2. The molecule has 0 saturated carbocycles. The van der Waals surface area contributed by atoms with Crippen LogP contribution in [0, 0.1) is 0 Å². The number of carbonyl (C=O) groups is 1. The minimum Gasteiger partial charge on any atom is -0.324 e. The minimum absolute atomic E-state index is 0.0921. The summed E-state index contributed by atoms with van der Waals surface area (Å²) >= 11 is 12.1. The lowest BCUT2D eigenvalue weighted by Crippen LogP contribution is -2.39. The first-order valence-corrected chi connectivity index (χ1v) is 9.62. The van der Waals surface area contributed by atoms with Crippen molar-refractivity contribution in [2.24, 2.45) is 0 Å². The Morgan fingerprint density at radius 1 is 1.15 bits per heavy atom. The third-order valence-electron chi connectivity index (χ3n) is 4.86. The summed E-state index contributed by atoms with van der Waals surface area (Å²) in [5, 5.41) is 12.5. The van der Waals surface area contributed by atoms with Crippen molar-refractivity contribution < 1.29 is 4.79 Å². The van der Waals surface area contributed by atoms with Crippen molar-refractivity contribution in [2.45, 2.75) is 18.8 Å². The highest BCUT2D eigenvalue weighted by atomic mass is 35.5. The van der Waals surface area contributed by atoms with Gasteiger partial charge in [-0.25, -0.2) is 0 Å². The maximum atomic E-state index is 12.3. The number of rotatable bonds is 4. The van der Waals surface area contributed by atoms with Crippen LogP contribution >= 0.6 is 23.2 Å². The SMILES string of the molecule is O=C(CN1CCC(c2nnc3ccccn23)CC1)Nc1cc(Cl)ccc1Cl. The Labute approximate surface area is 167 Å². The van der Waals surface area contributed by atoms with Crippen LogP contribution in [-0.4, -0.2) is 45.0 Å². The maximum absolute atomic E-state index is 12.3. The molecule has 27 heavy (non-hydrogen) atoms. The van der Waals surface area contributed by atoms with Gasteiger partial charge in [0.1, 0.15) is 5.82 Å². The molecule has 3 aromatic rings. The molecule has 0 unspecified atom stereocenters. The summed E-state index contributed by atoms with van der Waals surface area (Å²) < 4.78 is 2.05. The second-order valence-corrected chi connectivity index (χ2v) is 7.55. The topological polar surface area (TPSA) is 62.5 Å². The van der Waals surface area contributed by atoms with Gasteiger partial charge in [0, 0.05) is 17.1 Å². The summed E-state index contributed by atoms with van der Waals surface area (Å²) in [5.41, 5.74) is 1.41. The van der Waals surface area contributed by atoms with Crippen molar-refractivity contribution in [2.75, 3.05) is 25.0 Å². The van der Waals surface area contributed by atoms with Crippen LogP contribution in [-0.2, 0) is 4.79 Å². The van der Waals surface area contributed by atoms with Gasteiger partial charge in [0.25, 0.3) is 0 Å². The second-order valence-electron chi connectivity index (χ2n) is 6.71. The molecule has 1 N–H and O–H groups in total. The number of hydrogen-bond donors (Lipinski definition) is 1. The Balaban J connectivity index is 1.34. The molecule has 1 aromatic carbocycles. The lowest BCUT2D eigenvalue weighted by atomic mass is 9.96. The summed E-state index contributed by atoms with van der Waals surface area (Å²) in [7, 11) is 0. The summed E-state index contributed by atoms with van der Waals surface area (Å²) in [6, 6.07) is 10.9. The standard InChI is InChI=1S/C19H19Cl2N5O/c20-14-4-5-15(21)16(11-14)22-18(27)12-25-9-6-13(7-10-25)19-24-23-17-3-1-2-8-26(17)19/h1-5,8,11,13H,6-7,9-10,12H2,(H,22,27). The zero-order valence-electron chi connectivity index (χ0n) is 14.6. The van der Waals surface area contributed by atoms with E-state index in [1.54, 1.807) is 18.2 Å². The molecule has 0 radical (unpaired) electrons. The fourth-order valence-corrected chi connectivity index (χ4v) is 3.81. The van der Waals surface area contributed by atoms with Gasteiger partial charge in [0.05, 0.1) is 17.3 Å². The Morgan fingerprint density at radius 3 is 2.78 bits per heavy atom. The Kier molecular flexibility index (Phi) is 5.29. The molecule has 0 bridgehead atoms. The number of nitrogens with zero attached hydrogens (tertiary/aromatic N) is 4. The fraction of sp³-hybridized carbons (Fsp3) is 0.316. The number of amides is 1. The number of benzene rings is 1. The highest BCUT2D eigenvalue weighted by Gasteiger charge is 2.25. The van der Waals surface area contributed by atoms with E-state index in [1.165, 1.54) is 0 Å². The number of likely N-dealkylation sites (tertiary alicyclic amines) is 1. The molecule has 0 aliphatic carbocycles. The lowest BCUT2D eigenvalue weighted by molar-refractivity contribution is -0.117. The largest absolute Gasteiger partial charge is 0.324 e. The van der Waals surface area contributed by atoms with E-state index in [0.717, 1.165) is 37.4 Å². The van der Waals surface area contributed by atoms with Gasteiger partial charge in [0.2, 0.25) is 5.91 Å². The molecule has 1 aliphatic rings. The van der Waals surface area contributed by atoms with Crippen molar-refractivity contribution in [3.05, 3.63) is 58.5 Å². The Morgan fingerprint density at radius 2 is 1.96 bits per heavy atom. The van der Waals surface area contributed by atoms with Gasteiger partial charge in [-0.15, -0.1) is 10.2 Å². The number of anilines is 1. The van der Waals surface area contributed by atoms with E-state index >= 15 is 0 Å². The van der Waals surface area contributed by atoms with Gasteiger partial charge in [-0.2, -0.15) is 0 Å². The average molecular weight is 404 g/mol. The van der Waals surface area contributed by atoms with Crippen LogP contribution in [0.2, 0.25) is 10.0 Å². The van der Waals surface area contributed by atoms with Gasteiger partial charge < -0.3 is 5.32 Å². The van der Waals surface area contributed by atoms with Gasteiger partial charge >= 0.3 is 0 Å². The summed E-state index contributed by atoms with van der Waals surface area (Å²) in [6.07, 6.45) is 3.89. The van der Waals surface area contributed by atoms with E-state index in [0.29, 0.717) is 28.2 Å². The summed E-state index contributed by atoms with van der Waals surface area (Å²) in [4.78, 5) is 14.5. The normalized spacial score (nSPS) is 15.9. The molecular weight excluding hydrogens is 385 g/mol. The van der Waals surface area contributed by atoms with E-state index in [2.05, 4.69) is 20.4 Å². The van der Waals surface area contributed by atoms with Crippen LogP contribution in [0.15, 0.2) is 42.6 Å². The molecule has 8 heteroatoms. The van der Waals surface area contributed by atoms with E-state index < -0.39 is 0 Å². The van der Waals surface area contributed by atoms with Crippen LogP contribution < -0.4 is 5.32 Å². The predicted octanol–water partition coefficient (Wildman–Crippen LogP) is 3.85. The highest BCUT2D eigenvalue weighted by molar-refractivity contribution is 6.35. The van der Waals surface area contributed by atoms with E-state index in [9.17, 15) is 4.79 Å². The number of hydrogen-bond acceptors (Lipinski definition) is 4. The van der Waals surface area contributed by atoms with Crippen LogP contribution in [0.4, 0.5) is 5.69 Å². The number of pyridine rings is 1. The van der Waals surface area contributed by atoms with Crippen molar-refractivity contribution in [1.29, 1.82) is 0 Å². The molecule has 3 heterocycles. The van der Waals surface area contributed by atoms with Crippen LogP contribution in [0.1, 0.15) is 24.6 Å². The molecular formula is C19H19Cl2N5O. The molecule has 0 spiro atoms. The molecule has 1 saturated heterocycles. The van der Waals surface area contributed by atoms with Crippen molar-refractivity contribution in [3.8, 4) is 0 Å². The predicted molar refractivity (Wildman–Crippen MR) is 106 cm³/mol. The molecule has 2 aromatic heterocycles. The number of nitrogens with one attached hydrogen (secondary N) is 1. The number of piperidine rings is 1. The average Bonchev–Trinajstić information content (AvgIpc) is 3.09. The number of fused-ring (bicyclic) bond motifs is 1. The first-order chi connectivity index (χ1) is 13.1. The molecule has 0 atom stereocenters. The van der Waals surface area contributed by atoms with E-state index in [-0.39, 0.29) is 5.91 Å². The third-order valence-corrected chi connectivity index (χ3v) is 5.43. The lowest BCUT2D eigenvalue weighted by Gasteiger charge is -2.30. The molecule has 4 rings (SSSR count). The third kappa shape index (κ3) is 4.08. The van der Waals surface area contributed by atoms with Crippen molar-refractivity contribution >= 4 is 40.4 Å². The molecule has 6 nitrogen and oxygen atoms in total. The Hall–Kier alpha value is -2.15. The minimum atomic E-state index is -0.0921. The molecule has 1 amide bonds. The summed E-state index contributed by atoms with van der Waals surface area (Å²) in [5.74, 6) is 1.26. The van der Waals surface area contributed by atoms with Crippen molar-refractivity contribution in [1.82, 2.24) is 19.5 Å². The summed E-state index contributed by atoms with van der Waals surface area (Å²) in [6.45, 7) is 2.00. The number of carbonyl (C=O) groups excluding carboxylic acids is 1. The zero-order chi connectivity index (χ0) is 18.8. The van der Waals surface area contributed by atoms with E-state index in [4.69, 9.17) is 23.2 Å². The molecule has 1 fully saturated rings. The quantitative estimate of drug-likeness (QED) is 0.718. The van der Waals surface area contributed by atoms with Crippen LogP contribution in [0.5, 0.6) is 0 Å². The fourth-order valence-electron chi connectivity index (χ4n) is 3.47. The highest BCUT2D eigenvalue weighted by Crippen LogP contribution is 2.28. The van der Waals surface area contributed by atoms with Crippen molar-refractivity contribution in [3.63, 3.8) is 0 Å². The second kappa shape index (κ2) is 7.84. The first-order valence-electron chi connectivity index (χ1n) is 8.87. The number of aromatic nitrogens is 3. The smallest absolute Gasteiger partial charge is 0.238 e. The Bertz CT molecular complexity index is 966. The van der Waals surface area contributed by atoms with Gasteiger partial charge in [-0.05, 0) is 56.3 Å². The number of halogens is 2. The van der Waals surface area contributed by atoms with Gasteiger partial charge in [-0.3, -0.25) is 14.1 Å². The van der Waals surface area contributed by atoms with E-state index in [1.807, 2.05) is 28.8 Å². The maximum Gasteiger partial charge on any atom is 0.238 e. The van der Waals surface area contributed by atoms with Crippen LogP contribution in [0.3, 0.4) is 0 Å². The molecule has 1 aliphatic heterocycles. The van der Waals surface area contributed by atoms with Gasteiger partial charge in [0.15, 0.2) is 5.65 Å². The molecule has 140 valence electrons. The monoisotopic (exact) mass is 403 g/mol. The zero-order valence-corrected chi connectivity index (χ0v) is 16.1. The van der Waals surface area contributed by atoms with Gasteiger partial charge in [-0.1, -0.05) is 29.3 Å².